The first-order valence-electron chi connectivity index (χ1n) is 15.4. The van der Waals surface area contributed by atoms with Gasteiger partial charge in [0.1, 0.15) is 6.04 Å². The minimum atomic E-state index is -0.959. The van der Waals surface area contributed by atoms with Gasteiger partial charge in [0.05, 0.1) is 40.3 Å². The number of aromatic amines is 1. The van der Waals surface area contributed by atoms with E-state index in [-0.39, 0.29) is 29.9 Å². The third-order valence-electron chi connectivity index (χ3n) is 9.49. The molecule has 2 saturated carbocycles. The van der Waals surface area contributed by atoms with Gasteiger partial charge in [0.25, 0.3) is 11.8 Å². The molecule has 0 bridgehead atoms. The Morgan fingerprint density at radius 3 is 2.64 bits per heavy atom. The number of fused-ring (bicyclic) bond motifs is 2. The molecule has 3 N–H and O–H groups in total. The van der Waals surface area contributed by atoms with Crippen LogP contribution in [0.4, 0.5) is 5.69 Å². The summed E-state index contributed by atoms with van der Waals surface area (Å²) in [6.07, 6.45) is 12.7. The van der Waals surface area contributed by atoms with Gasteiger partial charge in [0.15, 0.2) is 0 Å². The molecule has 224 valence electrons. The van der Waals surface area contributed by atoms with Gasteiger partial charge < -0.3 is 5.32 Å². The summed E-state index contributed by atoms with van der Waals surface area (Å²) in [5.74, 6) is -0.822. The lowest BCUT2D eigenvalue weighted by Gasteiger charge is -2.35. The number of H-pyrrole nitrogens is 1. The lowest BCUT2D eigenvalue weighted by Crippen LogP contribution is -2.54. The third kappa shape index (κ3) is 4.56. The number of nitrogens with zero attached hydrogens (tertiary/aromatic N) is 5. The average molecular weight is 593 g/mol. The fourth-order valence-electron chi connectivity index (χ4n) is 6.87. The van der Waals surface area contributed by atoms with Crippen LogP contribution >= 0.6 is 0 Å². The predicted molar refractivity (Wildman–Crippen MR) is 160 cm³/mol. The summed E-state index contributed by atoms with van der Waals surface area (Å²) < 4.78 is 2.17. The van der Waals surface area contributed by atoms with Crippen LogP contribution in [0.3, 0.4) is 0 Å². The number of nitrogens with one attached hydrogen (secondary N) is 3. The van der Waals surface area contributed by atoms with Gasteiger partial charge in [-0.15, -0.1) is 0 Å². The van der Waals surface area contributed by atoms with E-state index in [1.807, 2.05) is 18.5 Å². The van der Waals surface area contributed by atoms with Crippen LogP contribution < -0.4 is 10.6 Å². The van der Waals surface area contributed by atoms with Crippen molar-refractivity contribution >= 4 is 40.2 Å². The first-order valence-corrected chi connectivity index (χ1v) is 15.4. The summed E-state index contributed by atoms with van der Waals surface area (Å²) in [5.41, 5.74) is 5.56. The van der Waals surface area contributed by atoms with Gasteiger partial charge in [-0.3, -0.25) is 44.2 Å². The highest BCUT2D eigenvalue weighted by Crippen LogP contribution is 2.47. The van der Waals surface area contributed by atoms with E-state index >= 15 is 0 Å². The number of aromatic nitrogens is 5. The molecular weight excluding hydrogens is 560 g/mol. The molecule has 2 aliphatic carbocycles. The van der Waals surface area contributed by atoms with Gasteiger partial charge in [0, 0.05) is 47.9 Å². The first kappa shape index (κ1) is 26.7. The minimum Gasteiger partial charge on any atom is -0.385 e. The Bertz CT molecular complexity index is 1830. The van der Waals surface area contributed by atoms with Gasteiger partial charge in [-0.2, -0.15) is 10.2 Å². The highest BCUT2D eigenvalue weighted by molar-refractivity contribution is 6.23. The molecule has 1 aromatic carbocycles. The van der Waals surface area contributed by atoms with Crippen LogP contribution in [0.5, 0.6) is 0 Å². The minimum absolute atomic E-state index is 0.100. The van der Waals surface area contributed by atoms with Crippen molar-refractivity contribution in [3.05, 3.63) is 59.7 Å². The molecule has 0 spiro atoms. The third-order valence-corrected chi connectivity index (χ3v) is 9.49. The smallest absolute Gasteiger partial charge is 0.262 e. The molecule has 5 heterocycles. The van der Waals surface area contributed by atoms with Crippen LogP contribution in [0.15, 0.2) is 42.9 Å². The molecular formula is C32H32N8O4. The van der Waals surface area contributed by atoms with Gasteiger partial charge in [-0.1, -0.05) is 0 Å². The number of carbonyl (C=O) groups excluding carboxylic acids is 4. The monoisotopic (exact) mass is 592 g/mol. The molecule has 4 aliphatic rings. The summed E-state index contributed by atoms with van der Waals surface area (Å²) in [5, 5.41) is 18.9. The molecule has 3 fully saturated rings. The number of hydrogen-bond donors (Lipinski definition) is 3. The summed E-state index contributed by atoms with van der Waals surface area (Å²) in [4.78, 5) is 55.5. The van der Waals surface area contributed by atoms with Crippen LogP contribution in [-0.4, -0.2) is 66.1 Å². The van der Waals surface area contributed by atoms with Gasteiger partial charge in [0.2, 0.25) is 11.8 Å². The topological polar surface area (TPSA) is 155 Å². The SMILES string of the molecule is O=C1CCC(N2C(=O)c3ccc(NCCCC4CC(n5cc(-c6nccc7[nH]ncc67)c(C6CC6)n5)C4)cc3C2=O)C(=O)N1. The van der Waals surface area contributed by atoms with E-state index in [0.29, 0.717) is 17.9 Å². The summed E-state index contributed by atoms with van der Waals surface area (Å²) in [7, 11) is 0. The average Bonchev–Trinajstić information content (AvgIpc) is 3.47. The van der Waals surface area contributed by atoms with Crippen molar-refractivity contribution in [3.63, 3.8) is 0 Å². The standard InChI is InChI=1S/C32H32N8O4/c41-27-8-7-26(30(42)36-27)40-31(43)21-6-5-19(14-22(21)32(40)44)33-10-1-2-17-12-20(13-17)39-16-24(28(38-39)18-3-4-18)29-23-15-35-37-25(23)9-11-34-29/h5-6,9,11,14-18,20,26,33H,1-4,7-8,10,12-13H2,(H,35,37)(H,36,41,42). The molecule has 44 heavy (non-hydrogen) atoms. The zero-order chi connectivity index (χ0) is 29.9. The zero-order valence-corrected chi connectivity index (χ0v) is 24.1. The molecule has 12 nitrogen and oxygen atoms in total. The Labute approximate surface area is 252 Å². The number of hydrogen-bond acceptors (Lipinski definition) is 8. The van der Waals surface area contributed by atoms with Crippen molar-refractivity contribution in [3.8, 4) is 11.3 Å². The first-order chi connectivity index (χ1) is 21.4. The van der Waals surface area contributed by atoms with E-state index in [1.165, 1.54) is 12.8 Å². The fraction of sp³-hybridized carbons (Fsp3) is 0.406. The molecule has 4 aromatic rings. The number of piperidine rings is 1. The Morgan fingerprint density at radius 1 is 0.977 bits per heavy atom. The maximum atomic E-state index is 13.1. The molecule has 2 aliphatic heterocycles. The van der Waals surface area contributed by atoms with Crippen molar-refractivity contribution in [2.24, 2.45) is 5.92 Å². The van der Waals surface area contributed by atoms with Crippen molar-refractivity contribution in [1.29, 1.82) is 0 Å². The van der Waals surface area contributed by atoms with Crippen LogP contribution in [0.25, 0.3) is 22.2 Å². The van der Waals surface area contributed by atoms with Crippen LogP contribution in [-0.2, 0) is 9.59 Å². The van der Waals surface area contributed by atoms with Crippen molar-refractivity contribution in [1.82, 2.24) is 35.2 Å². The van der Waals surface area contributed by atoms with Crippen LogP contribution in [0, 0.1) is 5.92 Å². The zero-order valence-electron chi connectivity index (χ0n) is 24.1. The second-order valence-corrected chi connectivity index (χ2v) is 12.4. The second kappa shape index (κ2) is 10.4. The highest BCUT2D eigenvalue weighted by atomic mass is 16.2. The Balaban J connectivity index is 0.855. The summed E-state index contributed by atoms with van der Waals surface area (Å²) in [6.45, 7) is 0.747. The predicted octanol–water partition coefficient (Wildman–Crippen LogP) is 3.94. The number of benzene rings is 1. The molecule has 1 saturated heterocycles. The number of carbonyl (C=O) groups is 4. The number of pyridine rings is 1. The normalized spacial score (nSPS) is 23.2. The Hall–Kier alpha value is -4.87. The van der Waals surface area contributed by atoms with Gasteiger partial charge in [-0.05, 0) is 75.1 Å². The lowest BCUT2D eigenvalue weighted by molar-refractivity contribution is -0.136. The van der Waals surface area contributed by atoms with Crippen molar-refractivity contribution in [2.45, 2.75) is 69.4 Å². The quantitative estimate of drug-likeness (QED) is 0.195. The summed E-state index contributed by atoms with van der Waals surface area (Å²) >= 11 is 0. The van der Waals surface area contributed by atoms with E-state index in [2.05, 4.69) is 31.7 Å². The molecule has 4 amide bonds. The van der Waals surface area contributed by atoms with Crippen molar-refractivity contribution in [2.75, 3.05) is 11.9 Å². The van der Waals surface area contributed by atoms with E-state index in [0.717, 1.165) is 70.7 Å². The second-order valence-electron chi connectivity index (χ2n) is 12.4. The van der Waals surface area contributed by atoms with E-state index < -0.39 is 23.8 Å². The Kier molecular flexibility index (Phi) is 6.31. The number of amides is 4. The highest BCUT2D eigenvalue weighted by Gasteiger charge is 2.44. The molecule has 0 radical (unpaired) electrons. The van der Waals surface area contributed by atoms with E-state index in [9.17, 15) is 19.2 Å². The molecule has 3 aromatic heterocycles. The number of anilines is 1. The van der Waals surface area contributed by atoms with Crippen LogP contribution in [0.1, 0.15) is 89.7 Å². The number of rotatable bonds is 9. The molecule has 8 rings (SSSR count). The fourth-order valence-corrected chi connectivity index (χ4v) is 6.87. The number of imide groups is 2. The lowest BCUT2D eigenvalue weighted by atomic mass is 9.77. The summed E-state index contributed by atoms with van der Waals surface area (Å²) in [6, 6.07) is 6.50. The molecule has 1 unspecified atom stereocenters. The largest absolute Gasteiger partial charge is 0.385 e. The maximum Gasteiger partial charge on any atom is 0.262 e. The van der Waals surface area contributed by atoms with E-state index in [1.54, 1.807) is 18.2 Å². The maximum absolute atomic E-state index is 13.1. The van der Waals surface area contributed by atoms with E-state index in [4.69, 9.17) is 10.1 Å². The van der Waals surface area contributed by atoms with Gasteiger partial charge in [-0.25, -0.2) is 0 Å². The van der Waals surface area contributed by atoms with Crippen LogP contribution in [0.2, 0.25) is 0 Å². The molecule has 1 atom stereocenters. The molecule has 12 heteroatoms. The Morgan fingerprint density at radius 2 is 1.82 bits per heavy atom. The van der Waals surface area contributed by atoms with Crippen molar-refractivity contribution < 1.29 is 19.2 Å². The van der Waals surface area contributed by atoms with Gasteiger partial charge >= 0.3 is 0 Å².